The molecule has 0 aromatic heterocycles. The van der Waals surface area contributed by atoms with E-state index in [9.17, 15) is 5.11 Å². The van der Waals surface area contributed by atoms with Crippen LogP contribution in [0, 0.1) is 0 Å². The summed E-state index contributed by atoms with van der Waals surface area (Å²) in [4.78, 5) is 0. The SMILES string of the molecule is C/C=C/C=C/[C@H](O)CCc1cccc(OC)c1. The molecule has 0 unspecified atom stereocenters. The standard InChI is InChI=1S/C15H20O2/c1-3-4-5-8-14(16)11-10-13-7-6-9-15(12-13)17-2/h3-9,12,14,16H,10-11H2,1-2H3/b4-3+,8-5+/t14-/m0/s1. The van der Waals surface area contributed by atoms with E-state index in [2.05, 4.69) is 0 Å². The van der Waals surface area contributed by atoms with Gasteiger partial charge >= 0.3 is 0 Å². The molecule has 0 saturated heterocycles. The number of rotatable bonds is 6. The highest BCUT2D eigenvalue weighted by atomic mass is 16.5. The first-order chi connectivity index (χ1) is 8.26. The minimum Gasteiger partial charge on any atom is -0.497 e. The molecule has 0 amide bonds. The Morgan fingerprint density at radius 2 is 2.18 bits per heavy atom. The lowest BCUT2D eigenvalue weighted by molar-refractivity contribution is 0.213. The summed E-state index contributed by atoms with van der Waals surface area (Å²) in [6, 6.07) is 7.94. The second-order valence-electron chi connectivity index (χ2n) is 3.87. The van der Waals surface area contributed by atoms with Crippen LogP contribution in [0.2, 0.25) is 0 Å². The van der Waals surface area contributed by atoms with Crippen molar-refractivity contribution in [3.05, 3.63) is 54.1 Å². The van der Waals surface area contributed by atoms with E-state index in [1.54, 1.807) is 13.2 Å². The van der Waals surface area contributed by atoms with E-state index in [0.717, 1.165) is 18.6 Å². The van der Waals surface area contributed by atoms with Crippen molar-refractivity contribution in [1.29, 1.82) is 0 Å². The van der Waals surface area contributed by atoms with Crippen LogP contribution in [-0.4, -0.2) is 18.3 Å². The smallest absolute Gasteiger partial charge is 0.119 e. The lowest BCUT2D eigenvalue weighted by atomic mass is 10.1. The summed E-state index contributed by atoms with van der Waals surface area (Å²) in [6.45, 7) is 1.95. The van der Waals surface area contributed by atoms with Gasteiger partial charge in [0.25, 0.3) is 0 Å². The Morgan fingerprint density at radius 3 is 2.88 bits per heavy atom. The first kappa shape index (κ1) is 13.5. The zero-order valence-electron chi connectivity index (χ0n) is 10.5. The number of hydrogen-bond donors (Lipinski definition) is 1. The van der Waals surface area contributed by atoms with E-state index in [1.807, 2.05) is 49.4 Å². The van der Waals surface area contributed by atoms with Gasteiger partial charge in [0.1, 0.15) is 5.75 Å². The molecule has 0 aliphatic carbocycles. The van der Waals surface area contributed by atoms with Crippen molar-refractivity contribution in [2.45, 2.75) is 25.9 Å². The third-order valence-electron chi connectivity index (χ3n) is 2.50. The summed E-state index contributed by atoms with van der Waals surface area (Å²) in [5, 5.41) is 9.71. The average molecular weight is 232 g/mol. The molecule has 1 aromatic carbocycles. The Hall–Kier alpha value is -1.54. The molecule has 0 aliphatic heterocycles. The molecule has 17 heavy (non-hydrogen) atoms. The van der Waals surface area contributed by atoms with E-state index in [4.69, 9.17) is 4.74 Å². The number of hydrogen-bond acceptors (Lipinski definition) is 2. The van der Waals surface area contributed by atoms with E-state index in [-0.39, 0.29) is 0 Å². The van der Waals surface area contributed by atoms with E-state index < -0.39 is 6.10 Å². The van der Waals surface area contributed by atoms with Crippen molar-refractivity contribution >= 4 is 0 Å². The summed E-state index contributed by atoms with van der Waals surface area (Å²) in [6.07, 6.45) is 8.70. The average Bonchev–Trinajstić information content (AvgIpc) is 2.37. The van der Waals surface area contributed by atoms with Crippen molar-refractivity contribution in [2.24, 2.45) is 0 Å². The monoisotopic (exact) mass is 232 g/mol. The van der Waals surface area contributed by atoms with Gasteiger partial charge in [0.15, 0.2) is 0 Å². The van der Waals surface area contributed by atoms with Gasteiger partial charge in [-0.25, -0.2) is 0 Å². The molecule has 1 aromatic rings. The Morgan fingerprint density at radius 1 is 1.35 bits per heavy atom. The van der Waals surface area contributed by atoms with Gasteiger partial charge in [-0.2, -0.15) is 0 Å². The normalized spacial score (nSPS) is 13.4. The molecular formula is C15H20O2. The number of aryl methyl sites for hydroxylation is 1. The highest BCUT2D eigenvalue weighted by Gasteiger charge is 2.01. The fourth-order valence-electron chi connectivity index (χ4n) is 1.54. The maximum absolute atomic E-state index is 9.71. The van der Waals surface area contributed by atoms with Crippen molar-refractivity contribution in [3.8, 4) is 5.75 Å². The van der Waals surface area contributed by atoms with Crippen LogP contribution in [0.1, 0.15) is 18.9 Å². The molecule has 0 fully saturated rings. The van der Waals surface area contributed by atoms with Gasteiger partial charge in [0, 0.05) is 0 Å². The molecule has 0 spiro atoms. The van der Waals surface area contributed by atoms with Crippen molar-refractivity contribution in [1.82, 2.24) is 0 Å². The third kappa shape index (κ3) is 5.36. The van der Waals surface area contributed by atoms with Crippen molar-refractivity contribution in [2.75, 3.05) is 7.11 Å². The summed E-state index contributed by atoms with van der Waals surface area (Å²) in [7, 11) is 1.66. The lowest BCUT2D eigenvalue weighted by Gasteiger charge is -2.06. The van der Waals surface area contributed by atoms with Gasteiger partial charge in [-0.05, 0) is 37.5 Å². The van der Waals surface area contributed by atoms with Gasteiger partial charge in [0.2, 0.25) is 0 Å². The van der Waals surface area contributed by atoms with Gasteiger partial charge in [-0.1, -0.05) is 36.4 Å². The molecule has 1 N–H and O–H groups in total. The summed E-state index contributed by atoms with van der Waals surface area (Å²) in [5.41, 5.74) is 1.18. The van der Waals surface area contributed by atoms with Crippen LogP contribution >= 0.6 is 0 Å². The zero-order valence-corrected chi connectivity index (χ0v) is 10.5. The first-order valence-electron chi connectivity index (χ1n) is 5.86. The van der Waals surface area contributed by atoms with Crippen LogP contribution in [-0.2, 0) is 6.42 Å². The number of aliphatic hydroxyl groups excluding tert-OH is 1. The number of benzene rings is 1. The van der Waals surface area contributed by atoms with Crippen LogP contribution in [0.5, 0.6) is 5.75 Å². The molecule has 0 saturated carbocycles. The van der Waals surface area contributed by atoms with Crippen LogP contribution in [0.4, 0.5) is 0 Å². The van der Waals surface area contributed by atoms with Crippen molar-refractivity contribution in [3.63, 3.8) is 0 Å². The van der Waals surface area contributed by atoms with Crippen LogP contribution in [0.3, 0.4) is 0 Å². The predicted octanol–water partition coefficient (Wildman–Crippen LogP) is 3.12. The number of aliphatic hydroxyl groups is 1. The number of methoxy groups -OCH3 is 1. The number of allylic oxidation sites excluding steroid dienone is 3. The molecule has 2 heteroatoms. The zero-order chi connectivity index (χ0) is 12.5. The second-order valence-corrected chi connectivity index (χ2v) is 3.87. The van der Waals surface area contributed by atoms with E-state index in [1.165, 1.54) is 5.56 Å². The maximum Gasteiger partial charge on any atom is 0.119 e. The quantitative estimate of drug-likeness (QED) is 0.764. The van der Waals surface area contributed by atoms with Crippen LogP contribution in [0.15, 0.2) is 48.6 Å². The Bertz CT molecular complexity index is 380. The Labute approximate surface area is 103 Å². The fourth-order valence-corrected chi connectivity index (χ4v) is 1.54. The fraction of sp³-hybridized carbons (Fsp3) is 0.333. The van der Waals surface area contributed by atoms with Crippen LogP contribution < -0.4 is 4.74 Å². The van der Waals surface area contributed by atoms with Gasteiger partial charge in [-0.3, -0.25) is 0 Å². The van der Waals surface area contributed by atoms with Crippen molar-refractivity contribution < 1.29 is 9.84 Å². The lowest BCUT2D eigenvalue weighted by Crippen LogP contribution is -2.03. The Kier molecular flexibility index (Phi) is 6.12. The molecule has 92 valence electrons. The predicted molar refractivity (Wildman–Crippen MR) is 71.3 cm³/mol. The third-order valence-corrected chi connectivity index (χ3v) is 2.50. The highest BCUT2D eigenvalue weighted by molar-refractivity contribution is 5.28. The topological polar surface area (TPSA) is 29.5 Å². The van der Waals surface area contributed by atoms with E-state index >= 15 is 0 Å². The molecular weight excluding hydrogens is 212 g/mol. The number of ether oxygens (including phenoxy) is 1. The summed E-state index contributed by atoms with van der Waals surface area (Å²) < 4.78 is 5.16. The Balaban J connectivity index is 2.43. The molecule has 1 atom stereocenters. The first-order valence-corrected chi connectivity index (χ1v) is 5.86. The second kappa shape index (κ2) is 7.69. The van der Waals surface area contributed by atoms with Gasteiger partial charge < -0.3 is 9.84 Å². The molecule has 2 nitrogen and oxygen atoms in total. The van der Waals surface area contributed by atoms with E-state index in [0.29, 0.717) is 0 Å². The maximum atomic E-state index is 9.71. The minimum absolute atomic E-state index is 0.391. The van der Waals surface area contributed by atoms with Gasteiger partial charge in [0.05, 0.1) is 13.2 Å². The highest BCUT2D eigenvalue weighted by Crippen LogP contribution is 2.14. The van der Waals surface area contributed by atoms with Gasteiger partial charge in [-0.15, -0.1) is 0 Å². The minimum atomic E-state index is -0.391. The summed E-state index contributed by atoms with van der Waals surface area (Å²) >= 11 is 0. The summed E-state index contributed by atoms with van der Waals surface area (Å²) in [5.74, 6) is 0.862. The molecule has 0 radical (unpaired) electrons. The molecule has 0 bridgehead atoms. The largest absolute Gasteiger partial charge is 0.497 e. The molecule has 0 heterocycles. The molecule has 1 rings (SSSR count). The van der Waals surface area contributed by atoms with Crippen LogP contribution in [0.25, 0.3) is 0 Å². The molecule has 0 aliphatic rings.